The molecule has 0 heterocycles. The molecule has 2 amide bonds. The monoisotopic (exact) mass is 257 g/mol. The van der Waals surface area contributed by atoms with Crippen molar-refractivity contribution >= 4 is 11.8 Å². The molecule has 0 saturated heterocycles. The molecule has 4 N–H and O–H groups in total. The molecule has 0 rings (SSSR count). The molecule has 0 saturated carbocycles. The Morgan fingerprint density at radius 2 is 1.83 bits per heavy atom. The minimum Gasteiger partial charge on any atom is -0.368 e. The van der Waals surface area contributed by atoms with Crippen molar-refractivity contribution in [1.82, 2.24) is 4.90 Å². The van der Waals surface area contributed by atoms with Gasteiger partial charge in [0.2, 0.25) is 11.8 Å². The van der Waals surface area contributed by atoms with Gasteiger partial charge in [-0.15, -0.1) is 0 Å². The topological polar surface area (TPSA) is 89.4 Å². The van der Waals surface area contributed by atoms with Crippen LogP contribution in [0.15, 0.2) is 0 Å². The van der Waals surface area contributed by atoms with E-state index in [1.165, 1.54) is 4.90 Å². The molecule has 0 fully saturated rings. The number of carbonyl (C=O) groups excluding carboxylic acids is 2. The lowest BCUT2D eigenvalue weighted by molar-refractivity contribution is -0.136. The van der Waals surface area contributed by atoms with Crippen LogP contribution in [0.4, 0.5) is 0 Å². The molecule has 0 bridgehead atoms. The van der Waals surface area contributed by atoms with Crippen molar-refractivity contribution in [1.29, 1.82) is 0 Å². The standard InChI is InChI=1S/C13H27N3O2/c1-5-6-7-16(9-11(15)17)12(18)8-10(14)13(2,3)4/h10H,5-9,14H2,1-4H3,(H2,15,17). The molecule has 5 heteroatoms. The average molecular weight is 257 g/mol. The molecule has 0 aromatic rings. The molecule has 18 heavy (non-hydrogen) atoms. The van der Waals surface area contributed by atoms with E-state index >= 15 is 0 Å². The van der Waals surface area contributed by atoms with E-state index in [4.69, 9.17) is 11.5 Å². The second kappa shape index (κ2) is 7.36. The highest BCUT2D eigenvalue weighted by molar-refractivity contribution is 5.84. The van der Waals surface area contributed by atoms with Crippen LogP contribution >= 0.6 is 0 Å². The predicted molar refractivity (Wildman–Crippen MR) is 72.7 cm³/mol. The number of unbranched alkanes of at least 4 members (excludes halogenated alkanes) is 1. The van der Waals surface area contributed by atoms with Crippen LogP contribution in [0.2, 0.25) is 0 Å². The van der Waals surface area contributed by atoms with E-state index in [0.29, 0.717) is 6.54 Å². The molecule has 0 radical (unpaired) electrons. The van der Waals surface area contributed by atoms with Crippen molar-refractivity contribution in [3.8, 4) is 0 Å². The minimum absolute atomic E-state index is 0.0182. The molecule has 0 aromatic heterocycles. The first-order valence-corrected chi connectivity index (χ1v) is 6.50. The fourth-order valence-electron chi connectivity index (χ4n) is 1.45. The summed E-state index contributed by atoms with van der Waals surface area (Å²) in [7, 11) is 0. The summed E-state index contributed by atoms with van der Waals surface area (Å²) in [5.41, 5.74) is 11.0. The van der Waals surface area contributed by atoms with E-state index < -0.39 is 5.91 Å². The fourth-order valence-corrected chi connectivity index (χ4v) is 1.45. The zero-order valence-electron chi connectivity index (χ0n) is 12.0. The van der Waals surface area contributed by atoms with Crippen LogP contribution in [0, 0.1) is 5.41 Å². The van der Waals surface area contributed by atoms with Crippen LogP contribution in [-0.4, -0.2) is 35.8 Å². The van der Waals surface area contributed by atoms with Crippen molar-refractivity contribution in [3.05, 3.63) is 0 Å². The molecule has 0 aliphatic heterocycles. The molecule has 0 aliphatic carbocycles. The summed E-state index contributed by atoms with van der Waals surface area (Å²) in [6.07, 6.45) is 2.08. The zero-order valence-corrected chi connectivity index (χ0v) is 12.0. The number of hydrogen-bond acceptors (Lipinski definition) is 3. The van der Waals surface area contributed by atoms with Crippen LogP contribution in [0.1, 0.15) is 47.0 Å². The van der Waals surface area contributed by atoms with Gasteiger partial charge in [-0.1, -0.05) is 34.1 Å². The Bertz CT molecular complexity index is 284. The van der Waals surface area contributed by atoms with Crippen LogP contribution < -0.4 is 11.5 Å². The van der Waals surface area contributed by atoms with Gasteiger partial charge in [0.05, 0.1) is 6.54 Å². The Hall–Kier alpha value is -1.10. The Kier molecular flexibility index (Phi) is 6.91. The summed E-state index contributed by atoms with van der Waals surface area (Å²) >= 11 is 0. The number of primary amides is 1. The van der Waals surface area contributed by atoms with Gasteiger partial charge in [-0.25, -0.2) is 0 Å². The summed E-state index contributed by atoms with van der Waals surface area (Å²) in [5.74, 6) is -0.576. The molecular weight excluding hydrogens is 230 g/mol. The number of hydrogen-bond donors (Lipinski definition) is 2. The largest absolute Gasteiger partial charge is 0.368 e. The van der Waals surface area contributed by atoms with Crippen molar-refractivity contribution in [3.63, 3.8) is 0 Å². The smallest absolute Gasteiger partial charge is 0.237 e. The third-order valence-corrected chi connectivity index (χ3v) is 2.99. The normalized spacial score (nSPS) is 13.2. The third-order valence-electron chi connectivity index (χ3n) is 2.99. The van der Waals surface area contributed by atoms with E-state index in [-0.39, 0.29) is 30.3 Å². The number of rotatable bonds is 7. The van der Waals surface area contributed by atoms with Crippen LogP contribution in [0.25, 0.3) is 0 Å². The van der Waals surface area contributed by atoms with Gasteiger partial charge in [0, 0.05) is 19.0 Å². The second-order valence-corrected chi connectivity index (χ2v) is 5.81. The maximum atomic E-state index is 12.1. The minimum atomic E-state index is -0.483. The first-order valence-electron chi connectivity index (χ1n) is 6.50. The lowest BCUT2D eigenvalue weighted by Crippen LogP contribution is -2.44. The Morgan fingerprint density at radius 3 is 2.22 bits per heavy atom. The second-order valence-electron chi connectivity index (χ2n) is 5.81. The number of nitrogens with zero attached hydrogens (tertiary/aromatic N) is 1. The molecule has 0 aromatic carbocycles. The van der Waals surface area contributed by atoms with Gasteiger partial charge < -0.3 is 16.4 Å². The maximum absolute atomic E-state index is 12.1. The Balaban J connectivity index is 4.50. The SMILES string of the molecule is CCCCN(CC(N)=O)C(=O)CC(N)C(C)(C)C. The zero-order chi connectivity index (χ0) is 14.3. The van der Waals surface area contributed by atoms with Crippen molar-refractivity contribution < 1.29 is 9.59 Å². The number of amides is 2. The maximum Gasteiger partial charge on any atom is 0.237 e. The van der Waals surface area contributed by atoms with Gasteiger partial charge in [-0.05, 0) is 11.8 Å². The lowest BCUT2D eigenvalue weighted by Gasteiger charge is -2.29. The predicted octanol–water partition coefficient (Wildman–Crippen LogP) is 0.864. The summed E-state index contributed by atoms with van der Waals surface area (Å²) in [6, 6.07) is -0.220. The van der Waals surface area contributed by atoms with Gasteiger partial charge in [-0.2, -0.15) is 0 Å². The highest BCUT2D eigenvalue weighted by Gasteiger charge is 2.25. The van der Waals surface area contributed by atoms with Crippen molar-refractivity contribution in [2.24, 2.45) is 16.9 Å². The molecule has 5 nitrogen and oxygen atoms in total. The molecule has 0 aliphatic rings. The molecule has 0 spiro atoms. The summed E-state index contributed by atoms with van der Waals surface area (Å²) in [4.78, 5) is 24.5. The van der Waals surface area contributed by atoms with Gasteiger partial charge in [-0.3, -0.25) is 9.59 Å². The lowest BCUT2D eigenvalue weighted by atomic mass is 9.85. The van der Waals surface area contributed by atoms with Gasteiger partial charge >= 0.3 is 0 Å². The van der Waals surface area contributed by atoms with Gasteiger partial charge in [0.25, 0.3) is 0 Å². The van der Waals surface area contributed by atoms with Crippen LogP contribution in [0.5, 0.6) is 0 Å². The molecular formula is C13H27N3O2. The van der Waals surface area contributed by atoms with E-state index in [1.54, 1.807) is 0 Å². The average Bonchev–Trinajstić information content (AvgIpc) is 2.22. The first kappa shape index (κ1) is 16.9. The highest BCUT2D eigenvalue weighted by Crippen LogP contribution is 2.20. The fraction of sp³-hybridized carbons (Fsp3) is 0.846. The van der Waals surface area contributed by atoms with Crippen molar-refractivity contribution in [2.45, 2.75) is 53.0 Å². The summed E-state index contributed by atoms with van der Waals surface area (Å²) in [6.45, 7) is 8.57. The Morgan fingerprint density at radius 1 is 1.28 bits per heavy atom. The quantitative estimate of drug-likeness (QED) is 0.709. The van der Waals surface area contributed by atoms with Crippen LogP contribution in [0.3, 0.4) is 0 Å². The van der Waals surface area contributed by atoms with E-state index in [2.05, 4.69) is 0 Å². The molecule has 1 unspecified atom stereocenters. The van der Waals surface area contributed by atoms with Crippen LogP contribution in [-0.2, 0) is 9.59 Å². The first-order chi connectivity index (χ1) is 8.18. The third kappa shape index (κ3) is 6.59. The van der Waals surface area contributed by atoms with Crippen molar-refractivity contribution in [2.75, 3.05) is 13.1 Å². The van der Waals surface area contributed by atoms with E-state index in [0.717, 1.165) is 12.8 Å². The molecule has 1 atom stereocenters. The summed E-state index contributed by atoms with van der Waals surface area (Å²) in [5, 5.41) is 0. The van der Waals surface area contributed by atoms with Gasteiger partial charge in [0.1, 0.15) is 0 Å². The number of carbonyl (C=O) groups is 2. The number of nitrogens with two attached hydrogens (primary N) is 2. The Labute approximate surface area is 110 Å². The van der Waals surface area contributed by atoms with E-state index in [9.17, 15) is 9.59 Å². The molecule has 106 valence electrons. The van der Waals surface area contributed by atoms with Gasteiger partial charge in [0.15, 0.2) is 0 Å². The van der Waals surface area contributed by atoms with E-state index in [1.807, 2.05) is 27.7 Å². The highest BCUT2D eigenvalue weighted by atomic mass is 16.2. The summed E-state index contributed by atoms with van der Waals surface area (Å²) < 4.78 is 0.